The molecule has 7 heteroatoms. The van der Waals surface area contributed by atoms with Crippen LogP contribution in [-0.4, -0.2) is 11.9 Å². The summed E-state index contributed by atoms with van der Waals surface area (Å²) in [6, 6.07) is 8.40. The minimum Gasteiger partial charge on any atom is -0.370 e. The Balaban J connectivity index is 2.06. The van der Waals surface area contributed by atoms with E-state index in [-0.39, 0.29) is 17.9 Å². The fourth-order valence-electron chi connectivity index (χ4n) is 1.66. The lowest BCUT2D eigenvalue weighted by Gasteiger charge is -2.08. The van der Waals surface area contributed by atoms with Crippen LogP contribution in [-0.2, 0) is 0 Å². The predicted octanol–water partition coefficient (Wildman–Crippen LogP) is 3.86. The third kappa shape index (κ3) is 4.20. The molecular formula is C14H13Cl2N3OS. The number of nitrogens with one attached hydrogen (secondary N) is 1. The van der Waals surface area contributed by atoms with Crippen LogP contribution in [0.3, 0.4) is 0 Å². The van der Waals surface area contributed by atoms with Crippen molar-refractivity contribution in [3.8, 4) is 0 Å². The van der Waals surface area contributed by atoms with E-state index in [1.165, 1.54) is 6.07 Å². The minimum atomic E-state index is -0.381. The molecule has 1 amide bonds. The second-order valence-corrected chi connectivity index (χ2v) is 6.08. The Morgan fingerprint density at radius 1 is 1.33 bits per heavy atom. The fraction of sp³-hybridized carbons (Fsp3) is 0.143. The van der Waals surface area contributed by atoms with Crippen molar-refractivity contribution in [3.05, 3.63) is 56.2 Å². The molecule has 1 aromatic heterocycles. The second-order valence-electron chi connectivity index (χ2n) is 4.29. The smallest absolute Gasteiger partial charge is 0.257 e. The average Bonchev–Trinajstić information content (AvgIpc) is 2.95. The van der Waals surface area contributed by atoms with Crippen molar-refractivity contribution in [2.45, 2.75) is 13.0 Å². The summed E-state index contributed by atoms with van der Waals surface area (Å²) in [5.74, 6) is -0.319. The van der Waals surface area contributed by atoms with Gasteiger partial charge in [0.2, 0.25) is 0 Å². The largest absolute Gasteiger partial charge is 0.370 e. The molecule has 1 unspecified atom stereocenters. The van der Waals surface area contributed by atoms with Gasteiger partial charge in [-0.2, -0.15) is 0 Å². The van der Waals surface area contributed by atoms with Crippen LogP contribution in [0.1, 0.15) is 28.2 Å². The second kappa shape index (κ2) is 6.93. The van der Waals surface area contributed by atoms with Crippen molar-refractivity contribution in [2.24, 2.45) is 10.7 Å². The zero-order valence-electron chi connectivity index (χ0n) is 11.1. The summed E-state index contributed by atoms with van der Waals surface area (Å²) in [6.07, 6.45) is 0. The number of aliphatic imine (C=N–C) groups is 1. The summed E-state index contributed by atoms with van der Waals surface area (Å²) >= 11 is 13.3. The molecule has 0 spiro atoms. The van der Waals surface area contributed by atoms with Gasteiger partial charge in [-0.05, 0) is 36.6 Å². The third-order valence-corrected chi connectivity index (χ3v) is 4.49. The van der Waals surface area contributed by atoms with Crippen molar-refractivity contribution in [1.82, 2.24) is 5.32 Å². The first-order valence-electron chi connectivity index (χ1n) is 6.10. The van der Waals surface area contributed by atoms with Gasteiger partial charge in [0.25, 0.3) is 5.91 Å². The number of carbonyl (C=O) groups excluding carboxylic acids is 1. The highest BCUT2D eigenvalue weighted by Gasteiger charge is 2.11. The van der Waals surface area contributed by atoms with Crippen LogP contribution in [0.4, 0.5) is 0 Å². The molecule has 21 heavy (non-hydrogen) atoms. The van der Waals surface area contributed by atoms with E-state index >= 15 is 0 Å². The Labute approximate surface area is 136 Å². The standard InChI is InChI=1S/C14H13Cl2N3OS/c1-8(12-3-2-6-21-12)18-14(17)19-13(20)9-4-5-10(15)11(16)7-9/h2-8H,1H3,(H3,17,18,19,20). The van der Waals surface area contributed by atoms with E-state index in [0.717, 1.165) is 4.88 Å². The maximum Gasteiger partial charge on any atom is 0.257 e. The van der Waals surface area contributed by atoms with Gasteiger partial charge in [0.05, 0.1) is 16.1 Å². The number of carbonyl (C=O) groups is 1. The lowest BCUT2D eigenvalue weighted by atomic mass is 10.2. The molecule has 0 saturated heterocycles. The van der Waals surface area contributed by atoms with Crippen molar-refractivity contribution < 1.29 is 4.79 Å². The quantitative estimate of drug-likeness (QED) is 0.657. The van der Waals surface area contributed by atoms with E-state index in [0.29, 0.717) is 15.6 Å². The maximum absolute atomic E-state index is 12.0. The SMILES string of the molecule is CC(N=C(N)NC(=O)c1ccc(Cl)c(Cl)c1)c1cccs1. The van der Waals surface area contributed by atoms with Crippen LogP contribution >= 0.6 is 34.5 Å². The molecule has 4 nitrogen and oxygen atoms in total. The molecule has 2 aromatic rings. The number of guanidine groups is 1. The Morgan fingerprint density at radius 3 is 2.71 bits per heavy atom. The van der Waals surface area contributed by atoms with Gasteiger partial charge in [-0.15, -0.1) is 11.3 Å². The van der Waals surface area contributed by atoms with E-state index in [1.807, 2.05) is 24.4 Å². The van der Waals surface area contributed by atoms with E-state index in [1.54, 1.807) is 23.5 Å². The third-order valence-electron chi connectivity index (χ3n) is 2.71. The molecule has 0 radical (unpaired) electrons. The molecule has 0 saturated carbocycles. The molecule has 3 N–H and O–H groups in total. The van der Waals surface area contributed by atoms with Gasteiger partial charge < -0.3 is 5.73 Å². The van der Waals surface area contributed by atoms with Crippen LogP contribution in [0, 0.1) is 0 Å². The van der Waals surface area contributed by atoms with Gasteiger partial charge in [-0.3, -0.25) is 10.1 Å². The van der Waals surface area contributed by atoms with Gasteiger partial charge >= 0.3 is 0 Å². The van der Waals surface area contributed by atoms with Gasteiger partial charge in [-0.25, -0.2) is 4.99 Å². The molecule has 0 aliphatic heterocycles. The van der Waals surface area contributed by atoms with Gasteiger partial charge in [0.1, 0.15) is 0 Å². The van der Waals surface area contributed by atoms with Crippen molar-refractivity contribution in [2.75, 3.05) is 0 Å². The molecule has 2 rings (SSSR count). The van der Waals surface area contributed by atoms with E-state index in [2.05, 4.69) is 10.3 Å². The van der Waals surface area contributed by atoms with Crippen LogP contribution in [0.15, 0.2) is 40.7 Å². The van der Waals surface area contributed by atoms with Crippen molar-refractivity contribution >= 4 is 46.4 Å². The Kier molecular flexibility index (Phi) is 5.22. The summed E-state index contributed by atoms with van der Waals surface area (Å²) in [6.45, 7) is 1.91. The molecule has 0 fully saturated rings. The molecule has 1 heterocycles. The van der Waals surface area contributed by atoms with Crippen LogP contribution in [0.2, 0.25) is 10.0 Å². The molecule has 0 aliphatic carbocycles. The first kappa shape index (κ1) is 15.8. The highest BCUT2D eigenvalue weighted by atomic mass is 35.5. The van der Waals surface area contributed by atoms with E-state index < -0.39 is 0 Å². The fourth-order valence-corrected chi connectivity index (χ4v) is 2.68. The number of rotatable bonds is 3. The number of benzene rings is 1. The molecule has 0 aliphatic rings. The summed E-state index contributed by atoms with van der Waals surface area (Å²) in [7, 11) is 0. The lowest BCUT2D eigenvalue weighted by molar-refractivity contribution is 0.0976. The van der Waals surface area contributed by atoms with Gasteiger partial charge in [0, 0.05) is 10.4 Å². The Bertz CT molecular complexity index is 671. The first-order chi connectivity index (χ1) is 9.97. The molecular weight excluding hydrogens is 329 g/mol. The van der Waals surface area contributed by atoms with Crippen LogP contribution in [0.5, 0.6) is 0 Å². The number of hydrogen-bond acceptors (Lipinski definition) is 3. The van der Waals surface area contributed by atoms with Crippen molar-refractivity contribution in [3.63, 3.8) is 0 Å². The number of halogens is 2. The lowest BCUT2D eigenvalue weighted by Crippen LogP contribution is -2.37. The van der Waals surface area contributed by atoms with Crippen LogP contribution < -0.4 is 11.1 Å². The topological polar surface area (TPSA) is 67.5 Å². The van der Waals surface area contributed by atoms with Gasteiger partial charge in [-0.1, -0.05) is 29.3 Å². The molecule has 110 valence electrons. The summed E-state index contributed by atoms with van der Waals surface area (Å²) in [5, 5.41) is 5.19. The van der Waals surface area contributed by atoms with E-state index in [9.17, 15) is 4.79 Å². The number of thiophene rings is 1. The first-order valence-corrected chi connectivity index (χ1v) is 7.74. The summed E-state index contributed by atoms with van der Waals surface area (Å²) < 4.78 is 0. The Morgan fingerprint density at radius 2 is 2.10 bits per heavy atom. The average molecular weight is 342 g/mol. The minimum absolute atomic E-state index is 0.0620. The molecule has 0 bridgehead atoms. The van der Waals surface area contributed by atoms with Gasteiger partial charge in [0.15, 0.2) is 5.96 Å². The molecule has 1 atom stereocenters. The summed E-state index contributed by atoms with van der Waals surface area (Å²) in [4.78, 5) is 17.3. The number of nitrogens with zero attached hydrogens (tertiary/aromatic N) is 1. The Hall–Kier alpha value is -1.56. The highest BCUT2D eigenvalue weighted by molar-refractivity contribution is 7.10. The normalized spacial score (nSPS) is 13.0. The number of hydrogen-bond donors (Lipinski definition) is 2. The highest BCUT2D eigenvalue weighted by Crippen LogP contribution is 2.23. The monoisotopic (exact) mass is 341 g/mol. The zero-order valence-corrected chi connectivity index (χ0v) is 13.5. The predicted molar refractivity (Wildman–Crippen MR) is 88.3 cm³/mol. The zero-order chi connectivity index (χ0) is 15.4. The van der Waals surface area contributed by atoms with Crippen LogP contribution in [0.25, 0.3) is 0 Å². The molecule has 1 aromatic carbocycles. The van der Waals surface area contributed by atoms with E-state index in [4.69, 9.17) is 28.9 Å². The maximum atomic E-state index is 12.0. The summed E-state index contributed by atoms with van der Waals surface area (Å²) in [5.41, 5.74) is 6.12. The number of nitrogens with two attached hydrogens (primary N) is 1. The number of amides is 1. The van der Waals surface area contributed by atoms with Crippen molar-refractivity contribution in [1.29, 1.82) is 0 Å².